The number of hydrogen-bond acceptors (Lipinski definition) is 15. The normalized spacial score (nSPS) is 11.3. The molecular formula is C131H154N12O3. The van der Waals surface area contributed by atoms with Crippen LogP contribution in [0.4, 0.5) is 0 Å². The molecule has 0 unspecified atom stereocenters. The highest BCUT2D eigenvalue weighted by atomic mass is 16.5. The van der Waals surface area contributed by atoms with E-state index in [0.717, 1.165) is 196 Å². The van der Waals surface area contributed by atoms with Gasteiger partial charge >= 0.3 is 0 Å². The molecule has 15 nitrogen and oxygen atoms in total. The SMILES string of the molecule is CC(C)(C)c1ccc(-c2nc(-c3ccccc3)nc(-c3ccc(C(C)(C)C)cc3)n2)cc1.CCCCCc1ccc(-c2nc(-c3ccc(CCCCC)cc3)nc(-c3ccc(CCCCC)cc3)n2)cc1.CCCCOc1ccc(-c2nc(-c3ccc(OCCCC)cc3)nc(-c3ccc(OCCCC)cc3)n2)cc1.CCCCc1ccc(-c2nc(-c3ccc(CCCC)cc3)nc(-c3ccc(CCCC)cc3)n2)cc1. The second-order valence-corrected chi connectivity index (χ2v) is 40.3. The quantitative estimate of drug-likeness (QED) is 0.0328. The van der Waals surface area contributed by atoms with Crippen molar-refractivity contribution in [2.75, 3.05) is 19.8 Å². The zero-order valence-corrected chi connectivity index (χ0v) is 89.6. The van der Waals surface area contributed by atoms with Crippen molar-refractivity contribution >= 4 is 0 Å². The van der Waals surface area contributed by atoms with Crippen molar-refractivity contribution in [1.82, 2.24) is 59.8 Å². The first-order valence-corrected chi connectivity index (χ1v) is 54.3. The first kappa shape index (κ1) is 109. The van der Waals surface area contributed by atoms with Gasteiger partial charge in [-0.3, -0.25) is 0 Å². The zero-order chi connectivity index (χ0) is 103. The van der Waals surface area contributed by atoms with E-state index in [1.54, 1.807) is 0 Å². The van der Waals surface area contributed by atoms with E-state index in [-0.39, 0.29) is 10.8 Å². The van der Waals surface area contributed by atoms with Gasteiger partial charge in [0.2, 0.25) is 0 Å². The lowest BCUT2D eigenvalue weighted by Crippen LogP contribution is -2.10. The number of benzene rings is 12. The van der Waals surface area contributed by atoms with Crippen LogP contribution in [0.2, 0.25) is 0 Å². The highest BCUT2D eigenvalue weighted by Crippen LogP contribution is 2.36. The molecule has 0 spiro atoms. The Bertz CT molecular complexity index is 5760. The Morgan fingerprint density at radius 2 is 0.308 bits per heavy atom. The van der Waals surface area contributed by atoms with E-state index < -0.39 is 0 Å². The van der Waals surface area contributed by atoms with Crippen LogP contribution < -0.4 is 14.2 Å². The molecule has 0 amide bonds. The summed E-state index contributed by atoms with van der Waals surface area (Å²) in [7, 11) is 0. The van der Waals surface area contributed by atoms with Gasteiger partial charge in [-0.25, -0.2) is 59.8 Å². The summed E-state index contributed by atoms with van der Waals surface area (Å²) >= 11 is 0. The van der Waals surface area contributed by atoms with Crippen molar-refractivity contribution in [3.8, 4) is 154 Å². The molecule has 0 radical (unpaired) electrons. The van der Waals surface area contributed by atoms with Crippen LogP contribution in [-0.2, 0) is 49.4 Å². The van der Waals surface area contributed by atoms with Gasteiger partial charge in [0.05, 0.1) is 19.8 Å². The summed E-state index contributed by atoms with van der Waals surface area (Å²) in [5.41, 5.74) is 22.9. The van der Waals surface area contributed by atoms with Crippen molar-refractivity contribution in [3.63, 3.8) is 0 Å². The minimum atomic E-state index is 0.104. The molecule has 0 fully saturated rings. The van der Waals surface area contributed by atoms with E-state index in [0.29, 0.717) is 54.8 Å². The topological polar surface area (TPSA) is 182 Å². The minimum absolute atomic E-state index is 0.104. The molecule has 12 aromatic carbocycles. The first-order chi connectivity index (χ1) is 71.2. The standard InChI is InChI=1S/C36H45N3.C33H39N3O3.C33H39N3.C29H31N3/c1-4-7-10-13-28-16-22-31(23-17-28)34-37-35(32-24-18-29(19-25-32)14-11-8-5-2)39-36(38-34)33-26-20-30(21-27-33)15-12-9-6-3;1-4-7-22-37-28-16-10-25(11-17-28)31-34-32(26-12-18-29(19-13-26)38-23-8-5-2)36-33(35-31)27-14-20-30(21-15-27)39-24-9-6-3;1-4-7-10-25-13-19-28(20-14-25)31-34-32(29-21-15-26(16-22-29)11-8-5-2)36-33(35-31)30-23-17-27(18-24-30)12-9-6-3;1-28(2,3)23-16-12-21(13-17-23)26-30-25(20-10-8-7-9-11-20)31-27(32-26)22-14-18-24(19-15-22)29(4,5)6/h16-27H,4-15H2,1-3H3;10-21H,4-9,22-24H2,1-3H3;13-24H,4-12H2,1-3H3;7-19H,1-6H3. The van der Waals surface area contributed by atoms with Gasteiger partial charge in [0, 0.05) is 66.8 Å². The lowest BCUT2D eigenvalue weighted by Gasteiger charge is -2.19. The van der Waals surface area contributed by atoms with E-state index >= 15 is 0 Å². The fraction of sp³-hybridized carbons (Fsp3) is 0.359. The summed E-state index contributed by atoms with van der Waals surface area (Å²) in [5, 5.41) is 0. The Kier molecular flexibility index (Phi) is 42.8. The van der Waals surface area contributed by atoms with Crippen molar-refractivity contribution < 1.29 is 14.2 Å². The lowest BCUT2D eigenvalue weighted by atomic mass is 9.86. The molecule has 0 aliphatic rings. The maximum atomic E-state index is 5.84. The molecule has 0 atom stereocenters. The van der Waals surface area contributed by atoms with Crippen molar-refractivity contribution in [3.05, 3.63) is 342 Å². The molecule has 15 heteroatoms. The smallest absolute Gasteiger partial charge is 0.164 e. The molecule has 0 saturated carbocycles. The van der Waals surface area contributed by atoms with Gasteiger partial charge in [-0.15, -0.1) is 0 Å². The van der Waals surface area contributed by atoms with Crippen LogP contribution in [0, 0.1) is 0 Å². The molecule has 756 valence electrons. The number of rotatable bonds is 45. The van der Waals surface area contributed by atoms with E-state index in [2.05, 4.69) is 298 Å². The van der Waals surface area contributed by atoms with Gasteiger partial charge in [0.15, 0.2) is 69.9 Å². The molecular weight excluding hydrogens is 1790 g/mol. The second kappa shape index (κ2) is 57.1. The highest BCUT2D eigenvalue weighted by molar-refractivity contribution is 5.73. The van der Waals surface area contributed by atoms with E-state index in [4.69, 9.17) is 74.0 Å². The fourth-order valence-electron chi connectivity index (χ4n) is 16.8. The average molecular weight is 1940 g/mol. The van der Waals surface area contributed by atoms with Crippen LogP contribution >= 0.6 is 0 Å². The van der Waals surface area contributed by atoms with Gasteiger partial charge in [0.25, 0.3) is 0 Å². The minimum Gasteiger partial charge on any atom is -0.494 e. The molecule has 0 aliphatic carbocycles. The number of ether oxygens (including phenoxy) is 3. The summed E-state index contributed by atoms with van der Waals surface area (Å²) in [4.78, 5) is 58.7. The molecule has 16 rings (SSSR count). The third kappa shape index (κ3) is 33.6. The van der Waals surface area contributed by atoms with Gasteiger partial charge < -0.3 is 14.2 Å². The molecule has 4 heterocycles. The number of nitrogens with zero attached hydrogens (tertiary/aromatic N) is 12. The van der Waals surface area contributed by atoms with Gasteiger partial charge in [-0.05, 0) is 224 Å². The second-order valence-electron chi connectivity index (χ2n) is 40.3. The Morgan fingerprint density at radius 1 is 0.158 bits per heavy atom. The van der Waals surface area contributed by atoms with E-state index in [1.807, 2.05) is 103 Å². The van der Waals surface area contributed by atoms with Crippen molar-refractivity contribution in [1.29, 1.82) is 0 Å². The van der Waals surface area contributed by atoms with Crippen LogP contribution in [0.1, 0.15) is 283 Å². The molecule has 0 aliphatic heterocycles. The third-order valence-corrected chi connectivity index (χ3v) is 26.2. The lowest BCUT2D eigenvalue weighted by molar-refractivity contribution is 0.309. The molecule has 16 aromatic rings. The number of hydrogen-bond donors (Lipinski definition) is 0. The number of unbranched alkanes of at least 4 members (excludes halogenated alkanes) is 12. The Hall–Kier alpha value is -13.9. The number of aromatic nitrogens is 12. The maximum Gasteiger partial charge on any atom is 0.164 e. The average Bonchev–Trinajstić information content (AvgIpc) is 0.803. The first-order valence-electron chi connectivity index (χ1n) is 54.3. The third-order valence-electron chi connectivity index (χ3n) is 26.2. The highest BCUT2D eigenvalue weighted by Gasteiger charge is 2.22. The summed E-state index contributed by atoms with van der Waals surface area (Å²) < 4.78 is 17.5. The van der Waals surface area contributed by atoms with Crippen molar-refractivity contribution in [2.24, 2.45) is 0 Å². The Balaban J connectivity index is 0.000000163. The summed E-state index contributed by atoms with van der Waals surface area (Å²) in [6, 6.07) is 103. The predicted molar refractivity (Wildman–Crippen MR) is 609 cm³/mol. The van der Waals surface area contributed by atoms with Crippen LogP contribution in [-0.4, -0.2) is 79.6 Å². The molecule has 0 bridgehead atoms. The van der Waals surface area contributed by atoms with Crippen LogP contribution in [0.25, 0.3) is 137 Å². The van der Waals surface area contributed by atoms with E-state index in [1.165, 1.54) is 141 Å². The predicted octanol–water partition coefficient (Wildman–Crippen LogP) is 34.8. The monoisotopic (exact) mass is 1940 g/mol. The fourth-order valence-corrected chi connectivity index (χ4v) is 16.8. The summed E-state index contributed by atoms with van der Waals surface area (Å²) in [5.74, 6) is 10.8. The van der Waals surface area contributed by atoms with Crippen LogP contribution in [0.15, 0.2) is 297 Å². The van der Waals surface area contributed by atoms with Gasteiger partial charge in [0.1, 0.15) is 17.2 Å². The maximum absolute atomic E-state index is 5.84. The van der Waals surface area contributed by atoms with Gasteiger partial charge in [-0.1, -0.05) is 405 Å². The number of aryl methyl sites for hydroxylation is 6. The Morgan fingerprint density at radius 3 is 0.473 bits per heavy atom. The zero-order valence-electron chi connectivity index (χ0n) is 89.6. The van der Waals surface area contributed by atoms with E-state index in [9.17, 15) is 0 Å². The van der Waals surface area contributed by atoms with Gasteiger partial charge in [-0.2, -0.15) is 0 Å². The summed E-state index contributed by atoms with van der Waals surface area (Å²) in [6.45, 7) is 35.4. The molecule has 0 saturated heterocycles. The summed E-state index contributed by atoms with van der Waals surface area (Å²) in [6.07, 6.45) is 31.6. The van der Waals surface area contributed by atoms with Crippen LogP contribution in [0.3, 0.4) is 0 Å². The molecule has 0 N–H and O–H groups in total. The Labute approximate surface area is 871 Å². The molecule has 4 aromatic heterocycles. The largest absolute Gasteiger partial charge is 0.494 e. The van der Waals surface area contributed by atoms with Crippen molar-refractivity contribution in [2.45, 2.75) is 288 Å². The van der Waals surface area contributed by atoms with Crippen LogP contribution in [0.5, 0.6) is 17.2 Å². The molecule has 146 heavy (non-hydrogen) atoms.